The molecule has 10 nitrogen and oxygen atoms in total. The van der Waals surface area contributed by atoms with Gasteiger partial charge in [-0.05, 0) is 24.0 Å². The maximum atomic E-state index is 13.5. The summed E-state index contributed by atoms with van der Waals surface area (Å²) in [5, 5.41) is 0. The van der Waals surface area contributed by atoms with Gasteiger partial charge < -0.3 is 23.8 Å². The molecule has 3 atom stereocenters. The van der Waals surface area contributed by atoms with Gasteiger partial charge in [-0.25, -0.2) is 4.39 Å². The number of amides is 1. The zero-order valence-electron chi connectivity index (χ0n) is 28.2. The van der Waals surface area contributed by atoms with Gasteiger partial charge >= 0.3 is 12.2 Å². The molecule has 3 saturated heterocycles. The number of halogens is 6. The van der Waals surface area contributed by atoms with Crippen molar-refractivity contribution >= 4 is 30.7 Å². The first-order valence-corrected chi connectivity index (χ1v) is 16.6. The molecule has 3 aliphatic heterocycles. The van der Waals surface area contributed by atoms with Crippen LogP contribution in [0, 0.1) is 0 Å². The van der Waals surface area contributed by atoms with Crippen molar-refractivity contribution < 1.29 is 41.3 Å². The molecule has 6 rings (SSSR count). The van der Waals surface area contributed by atoms with Gasteiger partial charge in [0.15, 0.2) is 6.61 Å². The zero-order valence-corrected chi connectivity index (χ0v) is 29.8. The number of hydrogen-bond donors (Lipinski definition) is 0. The molecule has 0 aliphatic carbocycles. The highest BCUT2D eigenvalue weighted by molar-refractivity contribution is 5.85. The minimum Gasteiger partial charge on any atom is -0.481 e. The van der Waals surface area contributed by atoms with Crippen LogP contribution in [-0.2, 0) is 16.1 Å². The van der Waals surface area contributed by atoms with E-state index in [4.69, 9.17) is 18.9 Å². The van der Waals surface area contributed by atoms with Gasteiger partial charge in [-0.2, -0.15) is 23.1 Å². The molecule has 280 valence electrons. The topological polar surface area (TPSA) is 89.5 Å². The number of piperazine rings is 2. The van der Waals surface area contributed by atoms with E-state index in [0.29, 0.717) is 45.8 Å². The van der Waals surface area contributed by atoms with Crippen molar-refractivity contribution in [1.82, 2.24) is 24.7 Å². The van der Waals surface area contributed by atoms with E-state index >= 15 is 0 Å². The third kappa shape index (κ3) is 9.92. The Balaban J connectivity index is 0.00000292. The van der Waals surface area contributed by atoms with Gasteiger partial charge in [0.2, 0.25) is 11.8 Å². The first-order valence-electron chi connectivity index (χ1n) is 16.6. The van der Waals surface area contributed by atoms with E-state index in [1.54, 1.807) is 0 Å². The summed E-state index contributed by atoms with van der Waals surface area (Å²) in [5.41, 5.74) is 2.47. The van der Waals surface area contributed by atoms with E-state index < -0.39 is 25.6 Å². The SMILES string of the molecule is COc1nc(OCCF)nc(OCC(F)(F)F)c1CN1CC2CN(C(=O)C3CCCO3)CCN2C(C(c2ccccc2)c2ccccc2)C1.Cl.Cl. The number of fused-ring (bicyclic) bond motifs is 1. The van der Waals surface area contributed by atoms with E-state index in [9.17, 15) is 22.4 Å². The van der Waals surface area contributed by atoms with E-state index in [-0.39, 0.29) is 85.2 Å². The van der Waals surface area contributed by atoms with Gasteiger partial charge in [0.25, 0.3) is 5.91 Å². The molecule has 0 saturated carbocycles. The standard InChI is InChI=1S/C35H41F4N5O5.2ClH/c1-46-31-27(32(49-23-35(37,38)39)41-34(40-31)48-18-14-36)21-42-19-26-20-43(33(45)29-13-8-17-47-29)15-16-44(26)28(22-42)30(24-9-4-2-5-10-24)25-11-6-3-7-12-25;;/h2-7,9-12,26,28-30H,8,13-23H2,1H3;2*1H. The van der Waals surface area contributed by atoms with Crippen LogP contribution in [0.3, 0.4) is 0 Å². The van der Waals surface area contributed by atoms with Crippen molar-refractivity contribution in [3.8, 4) is 17.8 Å². The monoisotopic (exact) mass is 759 g/mol. The molecule has 0 spiro atoms. The van der Waals surface area contributed by atoms with Crippen LogP contribution in [0.25, 0.3) is 0 Å². The molecule has 3 aliphatic rings. The zero-order chi connectivity index (χ0) is 34.4. The minimum absolute atomic E-state index is 0. The number of benzene rings is 2. The minimum atomic E-state index is -4.63. The molecule has 3 aromatic rings. The first kappa shape index (κ1) is 40.3. The van der Waals surface area contributed by atoms with Gasteiger partial charge in [0.1, 0.15) is 19.4 Å². The van der Waals surface area contributed by atoms with Crippen LogP contribution in [0.4, 0.5) is 17.6 Å². The molecular weight excluding hydrogens is 717 g/mol. The van der Waals surface area contributed by atoms with Crippen molar-refractivity contribution in [3.05, 3.63) is 77.4 Å². The van der Waals surface area contributed by atoms with Crippen molar-refractivity contribution in [2.24, 2.45) is 0 Å². The highest BCUT2D eigenvalue weighted by atomic mass is 35.5. The summed E-state index contributed by atoms with van der Waals surface area (Å²) in [4.78, 5) is 28.3. The molecule has 1 aromatic heterocycles. The number of ether oxygens (including phenoxy) is 4. The fraction of sp³-hybridized carbons (Fsp3) is 0.514. The third-order valence-electron chi connectivity index (χ3n) is 9.25. The number of aromatic nitrogens is 2. The quantitative estimate of drug-likeness (QED) is 0.228. The highest BCUT2D eigenvalue weighted by Gasteiger charge is 2.44. The molecule has 1 amide bonds. The summed E-state index contributed by atoms with van der Waals surface area (Å²) < 4.78 is 74.5. The van der Waals surface area contributed by atoms with E-state index in [2.05, 4.69) is 44.0 Å². The molecule has 2 aromatic carbocycles. The lowest BCUT2D eigenvalue weighted by Crippen LogP contribution is -2.67. The lowest BCUT2D eigenvalue weighted by atomic mass is 9.81. The van der Waals surface area contributed by atoms with Gasteiger partial charge in [0, 0.05) is 63.9 Å². The lowest BCUT2D eigenvalue weighted by molar-refractivity contribution is -0.154. The van der Waals surface area contributed by atoms with Gasteiger partial charge in [-0.3, -0.25) is 14.6 Å². The van der Waals surface area contributed by atoms with Gasteiger partial charge in [-0.15, -0.1) is 24.8 Å². The normalized spacial score (nSPS) is 21.0. The predicted octanol–water partition coefficient (Wildman–Crippen LogP) is 5.33. The molecule has 0 N–H and O–H groups in total. The van der Waals surface area contributed by atoms with Crippen LogP contribution in [0.5, 0.6) is 17.8 Å². The number of nitrogens with zero attached hydrogens (tertiary/aromatic N) is 5. The van der Waals surface area contributed by atoms with Crippen LogP contribution >= 0.6 is 24.8 Å². The van der Waals surface area contributed by atoms with Crippen molar-refractivity contribution in [3.63, 3.8) is 0 Å². The van der Waals surface area contributed by atoms with E-state index in [0.717, 1.165) is 17.5 Å². The van der Waals surface area contributed by atoms with Crippen molar-refractivity contribution in [1.29, 1.82) is 0 Å². The Morgan fingerprint density at radius 3 is 2.20 bits per heavy atom. The fourth-order valence-corrected chi connectivity index (χ4v) is 7.19. The Morgan fingerprint density at radius 1 is 0.941 bits per heavy atom. The molecular formula is C35H43Cl2F4N5O5. The summed E-state index contributed by atoms with van der Waals surface area (Å²) >= 11 is 0. The first-order chi connectivity index (χ1) is 23.7. The summed E-state index contributed by atoms with van der Waals surface area (Å²) in [5.74, 6) is -0.432. The Bertz CT molecular complexity index is 1500. The molecule has 51 heavy (non-hydrogen) atoms. The van der Waals surface area contributed by atoms with Crippen molar-refractivity contribution in [2.75, 3.05) is 66.3 Å². The predicted molar refractivity (Wildman–Crippen MR) is 186 cm³/mol. The van der Waals surface area contributed by atoms with Crippen LogP contribution < -0.4 is 14.2 Å². The number of alkyl halides is 4. The van der Waals surface area contributed by atoms with E-state index in [1.807, 2.05) is 41.3 Å². The van der Waals surface area contributed by atoms with Crippen LogP contribution in [0.2, 0.25) is 0 Å². The molecule has 3 unspecified atom stereocenters. The number of carbonyl (C=O) groups is 1. The molecule has 0 bridgehead atoms. The number of rotatable bonds is 12. The second kappa shape index (κ2) is 18.4. The summed E-state index contributed by atoms with van der Waals surface area (Å²) in [7, 11) is 1.34. The average molecular weight is 761 g/mol. The maximum absolute atomic E-state index is 13.5. The van der Waals surface area contributed by atoms with E-state index in [1.165, 1.54) is 7.11 Å². The number of carbonyl (C=O) groups excluding carboxylic acids is 1. The molecule has 0 radical (unpaired) electrons. The lowest BCUT2D eigenvalue weighted by Gasteiger charge is -2.53. The van der Waals surface area contributed by atoms with Crippen LogP contribution in [0.1, 0.15) is 35.4 Å². The Morgan fingerprint density at radius 2 is 1.61 bits per heavy atom. The smallest absolute Gasteiger partial charge is 0.422 e. The second-order valence-electron chi connectivity index (χ2n) is 12.5. The summed E-state index contributed by atoms with van der Waals surface area (Å²) in [6.07, 6.45) is -3.51. The number of hydrogen-bond acceptors (Lipinski definition) is 9. The Hall–Kier alpha value is -3.43. The highest BCUT2D eigenvalue weighted by Crippen LogP contribution is 2.38. The summed E-state index contributed by atoms with van der Waals surface area (Å²) in [6, 6.07) is 20.0. The molecule has 3 fully saturated rings. The summed E-state index contributed by atoms with van der Waals surface area (Å²) in [6.45, 7) is 0.599. The number of methoxy groups -OCH3 is 1. The fourth-order valence-electron chi connectivity index (χ4n) is 7.19. The van der Waals surface area contributed by atoms with Crippen LogP contribution in [0.15, 0.2) is 60.7 Å². The Labute approximate surface area is 307 Å². The second-order valence-corrected chi connectivity index (χ2v) is 12.5. The van der Waals surface area contributed by atoms with Crippen LogP contribution in [-0.4, -0.2) is 121 Å². The molecule has 4 heterocycles. The Kier molecular flexibility index (Phi) is 14.5. The largest absolute Gasteiger partial charge is 0.481 e. The van der Waals surface area contributed by atoms with Crippen molar-refractivity contribution in [2.45, 2.75) is 49.7 Å². The van der Waals surface area contributed by atoms with Gasteiger partial charge in [0.05, 0.1) is 12.7 Å². The molecule has 16 heteroatoms. The third-order valence-corrected chi connectivity index (χ3v) is 9.25. The maximum Gasteiger partial charge on any atom is 0.422 e. The average Bonchev–Trinajstić information content (AvgIpc) is 3.66. The van der Waals surface area contributed by atoms with Gasteiger partial charge in [-0.1, -0.05) is 60.7 Å².